The van der Waals surface area contributed by atoms with E-state index in [2.05, 4.69) is 59.8 Å². The Hall–Kier alpha value is 0.230. The maximum Gasteiger partial charge on any atom is 0.220 e. The molecule has 0 aromatic carbocycles. The molecule has 0 unspecified atom stereocenters. The van der Waals surface area contributed by atoms with E-state index < -0.39 is 0 Å². The Morgan fingerprint density at radius 3 is 0.862 bits per heavy atom. The molecule has 25 heteroatoms. The zero-order valence-corrected chi connectivity index (χ0v) is 47.4. The van der Waals surface area contributed by atoms with Crippen molar-refractivity contribution in [2.75, 3.05) is 116 Å². The standard InChI is InChI=1S/3C10H20N2O3.C10H22N2O2.Er.H2O2S.Y.Yb/c3*1-11-9(13)5-3-6-10(14)12-7-4-8-15-2;1-11-10(13)6-3-4-7-12-8-5-9-14-2;;1-2-3;;/h3*3-8H2,1-2H3,(H,11,13)(H,12,14);12H,3-9H2,1-2H3,(H,11,13);;1,3H;;. The monoisotopic (exact) mass is 1350 g/mol. The SMILES string of the molecule is CNC(=O)CCCC(=O)NCCCOC.CNC(=O)CCCC(=O)NCCCOC.CNC(=O)CCCC(=O)NCCCOC.CNC(=O)CCCCNCCCOC.OOS.[Er].[Y].[Yb]. The number of thiol groups is 1. The predicted molar refractivity (Wildman–Crippen MR) is 242 cm³/mol. The van der Waals surface area contributed by atoms with Gasteiger partial charge in [-0.15, -0.1) is 0 Å². The first-order chi connectivity index (χ1) is 29.8. The van der Waals surface area contributed by atoms with Crippen LogP contribution in [0.1, 0.15) is 103 Å². The third kappa shape index (κ3) is 84.6. The zero-order valence-electron chi connectivity index (χ0n) is 40.1. The van der Waals surface area contributed by atoms with E-state index in [0.29, 0.717) is 104 Å². The van der Waals surface area contributed by atoms with Crippen molar-refractivity contribution < 1.29 is 179 Å². The minimum atomic E-state index is -0.0258. The van der Waals surface area contributed by atoms with E-state index in [0.717, 1.165) is 58.2 Å². The van der Waals surface area contributed by atoms with E-state index in [4.69, 9.17) is 24.2 Å². The molecule has 0 spiro atoms. The quantitative estimate of drug-likeness (QED) is 0.0145. The van der Waals surface area contributed by atoms with Crippen LogP contribution in [0, 0.1) is 84.2 Å². The second-order valence-corrected chi connectivity index (χ2v) is 13.1. The number of carbonyl (C=O) groups is 7. The molecule has 0 aliphatic carbocycles. The Balaban J connectivity index is -0.000000107. The number of carbonyl (C=O) groups excluding carboxylic acids is 7. The van der Waals surface area contributed by atoms with Crippen LogP contribution in [0.5, 0.6) is 0 Å². The predicted octanol–water partition coefficient (Wildman–Crippen LogP) is 1.01. The van der Waals surface area contributed by atoms with E-state index in [1.807, 2.05) is 0 Å². The molecule has 0 bridgehead atoms. The van der Waals surface area contributed by atoms with Crippen LogP contribution in [0.3, 0.4) is 0 Å². The fourth-order valence-corrected chi connectivity index (χ4v) is 4.33. The van der Waals surface area contributed by atoms with Gasteiger partial charge in [-0.2, -0.15) is 4.33 Å². The van der Waals surface area contributed by atoms with Crippen LogP contribution < -0.4 is 42.5 Å². The maximum atomic E-state index is 11.2. The summed E-state index contributed by atoms with van der Waals surface area (Å²) in [4.78, 5) is 76.9. The van der Waals surface area contributed by atoms with Crippen LogP contribution in [0.25, 0.3) is 0 Å². The molecule has 0 heterocycles. The van der Waals surface area contributed by atoms with E-state index in [-0.39, 0.29) is 158 Å². The van der Waals surface area contributed by atoms with Crippen LogP contribution in [0.15, 0.2) is 0 Å². The summed E-state index contributed by atoms with van der Waals surface area (Å²) in [6, 6.07) is 0. The smallest absolute Gasteiger partial charge is 0.220 e. The summed E-state index contributed by atoms with van der Waals surface area (Å²) < 4.78 is 22.4. The number of nitrogens with one attached hydrogen (secondary N) is 8. The molecule has 0 saturated carbocycles. The summed E-state index contributed by atoms with van der Waals surface area (Å²) in [5.41, 5.74) is 0. The molecule has 0 atom stereocenters. The summed E-state index contributed by atoms with van der Waals surface area (Å²) in [5, 5.41) is 28.7. The molecule has 9 N–H and O–H groups in total. The molecular formula is C40H84ErN8O13SYYb. The minimum Gasteiger partial charge on any atom is -0.385 e. The van der Waals surface area contributed by atoms with E-state index in [1.165, 1.54) is 0 Å². The van der Waals surface area contributed by atoms with Gasteiger partial charge in [-0.25, -0.2) is 5.26 Å². The van der Waals surface area contributed by atoms with Crippen molar-refractivity contribution in [3.05, 3.63) is 0 Å². The van der Waals surface area contributed by atoms with Gasteiger partial charge in [0.15, 0.2) is 0 Å². The first-order valence-corrected chi connectivity index (χ1v) is 21.4. The number of hydrogen-bond acceptors (Lipinski definition) is 15. The van der Waals surface area contributed by atoms with Crippen LogP contribution in [-0.4, -0.2) is 162 Å². The number of unbranched alkanes of at least 4 members (excludes halogenated alkanes) is 1. The Labute approximate surface area is 488 Å². The van der Waals surface area contributed by atoms with Gasteiger partial charge in [0.05, 0.1) is 0 Å². The van der Waals surface area contributed by atoms with Gasteiger partial charge in [0.2, 0.25) is 41.4 Å². The normalized spacial score (nSPS) is 9.20. The topological polar surface area (TPSA) is 282 Å². The summed E-state index contributed by atoms with van der Waals surface area (Å²) in [6.07, 6.45) is 10.3. The van der Waals surface area contributed by atoms with Crippen LogP contribution in [-0.2, 0) is 89.6 Å². The van der Waals surface area contributed by atoms with Crippen LogP contribution >= 0.6 is 12.9 Å². The number of amides is 7. The van der Waals surface area contributed by atoms with Gasteiger partial charge >= 0.3 is 0 Å². The Morgan fingerprint density at radius 1 is 0.400 bits per heavy atom. The third-order valence-electron chi connectivity index (χ3n) is 7.79. The van der Waals surface area contributed by atoms with Crippen LogP contribution in [0.4, 0.5) is 0 Å². The van der Waals surface area contributed by atoms with Crippen molar-refractivity contribution in [1.82, 2.24) is 42.5 Å². The van der Waals surface area contributed by atoms with Gasteiger partial charge in [0.25, 0.3) is 0 Å². The van der Waals surface area contributed by atoms with Crippen molar-refractivity contribution in [1.29, 1.82) is 0 Å². The number of rotatable bonds is 33. The molecule has 65 heavy (non-hydrogen) atoms. The molecule has 0 aliphatic rings. The molecule has 0 saturated heterocycles. The van der Waals surface area contributed by atoms with Crippen molar-refractivity contribution >= 4 is 54.3 Å². The minimum absolute atomic E-state index is 0. The summed E-state index contributed by atoms with van der Waals surface area (Å²) in [7, 11) is 13.0. The van der Waals surface area contributed by atoms with Gasteiger partial charge in [0, 0.05) is 277 Å². The molecule has 0 fully saturated rings. The Kier molecular flexibility index (Phi) is 92.5. The first kappa shape index (κ1) is 82.2. The second-order valence-electron chi connectivity index (χ2n) is 13.0. The zero-order chi connectivity index (χ0) is 47.9. The van der Waals surface area contributed by atoms with Gasteiger partial charge in [-0.1, -0.05) is 0 Å². The molecule has 21 nitrogen and oxygen atoms in total. The fraction of sp³-hybridized carbons (Fsp3) is 0.825. The molecule has 7 amide bonds. The fourth-order valence-electron chi connectivity index (χ4n) is 4.33. The van der Waals surface area contributed by atoms with Gasteiger partial charge in [-0.05, 0) is 70.9 Å². The summed E-state index contributed by atoms with van der Waals surface area (Å²) >= 11 is 2.84. The van der Waals surface area contributed by atoms with E-state index >= 15 is 0 Å². The first-order valence-electron chi connectivity index (χ1n) is 21.1. The van der Waals surface area contributed by atoms with Gasteiger partial charge in [-0.3, -0.25) is 33.6 Å². The van der Waals surface area contributed by atoms with Crippen molar-refractivity contribution in [3.63, 3.8) is 0 Å². The molecule has 0 rings (SSSR count). The molecule has 1 radical (unpaired) electrons. The largest absolute Gasteiger partial charge is 0.385 e. The molecule has 0 aromatic rings. The maximum absolute atomic E-state index is 11.2. The average Bonchev–Trinajstić information content (AvgIpc) is 3.27. The van der Waals surface area contributed by atoms with Crippen molar-refractivity contribution in [2.24, 2.45) is 0 Å². The molecule has 397 valence electrons. The number of methoxy groups -OCH3 is 4. The summed E-state index contributed by atoms with van der Waals surface area (Å²) in [5.74, 6) is 0.0379. The number of hydrogen-bond donors (Lipinski definition) is 10. The Bertz CT molecular complexity index is 990. The van der Waals surface area contributed by atoms with Crippen molar-refractivity contribution in [3.8, 4) is 0 Å². The van der Waals surface area contributed by atoms with E-state index in [9.17, 15) is 33.6 Å². The van der Waals surface area contributed by atoms with Crippen molar-refractivity contribution in [2.45, 2.75) is 103 Å². The third-order valence-corrected chi connectivity index (χ3v) is 7.79. The van der Waals surface area contributed by atoms with E-state index in [1.54, 1.807) is 56.6 Å². The summed E-state index contributed by atoms with van der Waals surface area (Å²) in [6.45, 7) is 6.64. The second kappa shape index (κ2) is 73.2. The average molecular weight is 1350 g/mol. The van der Waals surface area contributed by atoms with Gasteiger partial charge < -0.3 is 61.5 Å². The van der Waals surface area contributed by atoms with Gasteiger partial charge in [0.1, 0.15) is 0 Å². The molecule has 0 aromatic heterocycles. The number of ether oxygens (including phenoxy) is 4. The van der Waals surface area contributed by atoms with Crippen LogP contribution in [0.2, 0.25) is 0 Å². The Morgan fingerprint density at radius 2 is 0.615 bits per heavy atom. The molecule has 0 aliphatic heterocycles. The molecular weight excluding hydrogens is 1260 g/mol.